The fourth-order valence-corrected chi connectivity index (χ4v) is 11.0. The van der Waals surface area contributed by atoms with Gasteiger partial charge in [-0.15, -0.1) is 0 Å². The predicted molar refractivity (Wildman–Crippen MR) is 171 cm³/mol. The lowest BCUT2D eigenvalue weighted by Crippen LogP contribution is -2.51. The van der Waals surface area contributed by atoms with E-state index in [4.69, 9.17) is 4.74 Å². The van der Waals surface area contributed by atoms with E-state index in [-0.39, 0.29) is 12.1 Å². The van der Waals surface area contributed by atoms with E-state index in [1.54, 1.807) is 5.57 Å². The van der Waals surface area contributed by atoms with E-state index in [9.17, 15) is 4.79 Å². The maximum atomic E-state index is 12.8. The number of hydrogen-bond donors (Lipinski definition) is 0. The molecule has 4 aliphatic carbocycles. The van der Waals surface area contributed by atoms with Crippen LogP contribution in [0.2, 0.25) is 0 Å². The van der Waals surface area contributed by atoms with E-state index in [1.165, 1.54) is 57.8 Å². The molecule has 0 aromatic rings. The van der Waals surface area contributed by atoms with Crippen molar-refractivity contribution in [1.82, 2.24) is 9.80 Å². The van der Waals surface area contributed by atoms with Crippen LogP contribution in [0, 0.1) is 52.3 Å². The topological polar surface area (TPSA) is 32.8 Å². The summed E-state index contributed by atoms with van der Waals surface area (Å²) >= 11 is 0. The van der Waals surface area contributed by atoms with Crippen molar-refractivity contribution in [2.24, 2.45) is 52.3 Å². The van der Waals surface area contributed by atoms with E-state index < -0.39 is 0 Å². The Labute approximate surface area is 253 Å². The van der Waals surface area contributed by atoms with Crippen molar-refractivity contribution < 1.29 is 9.53 Å². The van der Waals surface area contributed by atoms with Crippen LogP contribution in [0.25, 0.3) is 0 Å². The highest BCUT2D eigenvalue weighted by Gasteiger charge is 2.59. The summed E-state index contributed by atoms with van der Waals surface area (Å²) < 4.78 is 6.10. The number of fused-ring (bicyclic) bond motifs is 5. The maximum Gasteiger partial charge on any atom is 0.307 e. The fourth-order valence-electron chi connectivity index (χ4n) is 11.0. The Morgan fingerprint density at radius 2 is 1.76 bits per heavy atom. The molecule has 0 aromatic carbocycles. The van der Waals surface area contributed by atoms with E-state index >= 15 is 0 Å². The highest BCUT2D eigenvalue weighted by Crippen LogP contribution is 2.67. The van der Waals surface area contributed by atoms with Gasteiger partial charge in [0.1, 0.15) is 6.10 Å². The minimum absolute atomic E-state index is 0.0185. The third kappa shape index (κ3) is 6.50. The molecule has 234 valence electrons. The molecule has 1 aliphatic heterocycles. The van der Waals surface area contributed by atoms with Gasteiger partial charge in [-0.1, -0.05) is 66.0 Å². The Morgan fingerprint density at radius 1 is 1.00 bits per heavy atom. The molecule has 0 bridgehead atoms. The zero-order chi connectivity index (χ0) is 29.4. The van der Waals surface area contributed by atoms with Crippen molar-refractivity contribution >= 4 is 5.97 Å². The number of nitrogens with zero attached hydrogens (tertiary/aromatic N) is 2. The molecule has 0 radical (unpaired) electrons. The molecule has 1 heterocycles. The van der Waals surface area contributed by atoms with Crippen LogP contribution >= 0.6 is 0 Å². The van der Waals surface area contributed by atoms with Gasteiger partial charge in [-0.2, -0.15) is 0 Å². The summed E-state index contributed by atoms with van der Waals surface area (Å²) in [6.07, 6.45) is 17.7. The first-order chi connectivity index (χ1) is 19.5. The molecule has 4 heteroatoms. The molecule has 4 nitrogen and oxygen atoms in total. The molecule has 5 rings (SSSR count). The summed E-state index contributed by atoms with van der Waals surface area (Å²) in [5, 5.41) is 0. The minimum atomic E-state index is 0.0185. The molecular weight excluding hydrogens is 504 g/mol. The summed E-state index contributed by atoms with van der Waals surface area (Å²) in [6.45, 7) is 20.3. The summed E-state index contributed by atoms with van der Waals surface area (Å²) in [5.74, 6) is 6.10. The number of ether oxygens (including phenoxy) is 1. The van der Waals surface area contributed by atoms with Crippen LogP contribution in [0.1, 0.15) is 119 Å². The highest BCUT2D eigenvalue weighted by atomic mass is 16.5. The predicted octanol–water partition coefficient (Wildman–Crippen LogP) is 8.21. The van der Waals surface area contributed by atoms with Gasteiger partial charge in [0, 0.05) is 39.1 Å². The SMILES string of the molecule is CC[C@H](CC[C@@H](C)[C@H]1CC[C@H]2[C@@H]3CC=C4C[C@@H](OC(=O)CCN5CCN(C)CC5)CC[C@]4(C)[C@H]3CC[C@]12C)C(C)C. The zero-order valence-electron chi connectivity index (χ0n) is 27.9. The quantitative estimate of drug-likeness (QED) is 0.196. The average molecular weight is 569 g/mol. The highest BCUT2D eigenvalue weighted by molar-refractivity contribution is 5.69. The fraction of sp³-hybridized carbons (Fsp3) is 0.919. The molecular formula is C37H64N2O2. The van der Waals surface area contributed by atoms with Gasteiger partial charge in [0.05, 0.1) is 6.42 Å². The Hall–Kier alpha value is -0.870. The van der Waals surface area contributed by atoms with Gasteiger partial charge in [0.25, 0.3) is 0 Å². The number of likely N-dealkylation sites (N-methyl/N-ethyl adjacent to an activating group) is 1. The van der Waals surface area contributed by atoms with Crippen molar-refractivity contribution in [3.05, 3.63) is 11.6 Å². The second-order valence-corrected chi connectivity index (χ2v) is 16.2. The summed E-state index contributed by atoms with van der Waals surface area (Å²) in [4.78, 5) is 17.6. The molecule has 0 spiro atoms. The van der Waals surface area contributed by atoms with Gasteiger partial charge in [-0.05, 0) is 111 Å². The Kier molecular flexibility index (Phi) is 10.0. The van der Waals surface area contributed by atoms with Crippen LogP contribution in [0.5, 0.6) is 0 Å². The van der Waals surface area contributed by atoms with Gasteiger partial charge >= 0.3 is 5.97 Å². The van der Waals surface area contributed by atoms with E-state index in [2.05, 4.69) is 64.5 Å². The summed E-state index contributed by atoms with van der Waals surface area (Å²) in [5.41, 5.74) is 2.49. The standard InChI is InChI=1S/C37H64N2O2/c1-8-28(26(2)3)10-9-27(4)32-13-14-33-31-12-11-29-25-30(15-18-36(29,5)34(31)16-19-37(32,33)6)41-35(40)17-20-39-23-21-38(7)22-24-39/h11,26-28,30-34H,8-10,12-25H2,1-7H3/t27-,28-,30+,31+,32-,33+,34+,36+,37-/m1/s1. The smallest absolute Gasteiger partial charge is 0.307 e. The zero-order valence-corrected chi connectivity index (χ0v) is 27.9. The molecule has 41 heavy (non-hydrogen) atoms. The van der Waals surface area contributed by atoms with Gasteiger partial charge in [-0.25, -0.2) is 0 Å². The molecule has 0 aromatic heterocycles. The first-order valence-corrected chi connectivity index (χ1v) is 17.8. The van der Waals surface area contributed by atoms with Gasteiger partial charge in [0.2, 0.25) is 0 Å². The number of hydrogen-bond acceptors (Lipinski definition) is 4. The number of piperazine rings is 1. The third-order valence-corrected chi connectivity index (χ3v) is 13.8. The summed E-state index contributed by atoms with van der Waals surface area (Å²) in [7, 11) is 2.18. The van der Waals surface area contributed by atoms with E-state index in [1.807, 2.05) is 0 Å². The number of rotatable bonds is 10. The number of allylic oxidation sites excluding steroid dienone is 1. The normalized spacial score (nSPS) is 39.4. The van der Waals surface area contributed by atoms with Gasteiger partial charge in [-0.3, -0.25) is 4.79 Å². The molecule has 3 saturated carbocycles. The first kappa shape index (κ1) is 31.6. The lowest BCUT2D eigenvalue weighted by Gasteiger charge is -2.58. The summed E-state index contributed by atoms with van der Waals surface area (Å²) in [6, 6.07) is 0. The van der Waals surface area contributed by atoms with Crippen LogP contribution < -0.4 is 0 Å². The van der Waals surface area contributed by atoms with Crippen LogP contribution in [0.3, 0.4) is 0 Å². The van der Waals surface area contributed by atoms with E-state index in [0.29, 0.717) is 17.3 Å². The van der Waals surface area contributed by atoms with Gasteiger partial charge in [0.15, 0.2) is 0 Å². The molecule has 0 amide bonds. The van der Waals surface area contributed by atoms with Crippen molar-refractivity contribution in [2.45, 2.75) is 125 Å². The largest absolute Gasteiger partial charge is 0.462 e. The van der Waals surface area contributed by atoms with Gasteiger partial charge < -0.3 is 14.5 Å². The lowest BCUT2D eigenvalue weighted by atomic mass is 9.47. The molecule has 0 unspecified atom stereocenters. The lowest BCUT2D eigenvalue weighted by molar-refractivity contribution is -0.152. The van der Waals surface area contributed by atoms with Crippen molar-refractivity contribution in [1.29, 1.82) is 0 Å². The van der Waals surface area contributed by atoms with Crippen LogP contribution in [0.4, 0.5) is 0 Å². The second kappa shape index (κ2) is 13.0. The Bertz CT molecular complexity index is 922. The molecule has 9 atom stereocenters. The van der Waals surface area contributed by atoms with Crippen LogP contribution in [0.15, 0.2) is 11.6 Å². The third-order valence-electron chi connectivity index (χ3n) is 13.8. The van der Waals surface area contributed by atoms with Crippen molar-refractivity contribution in [3.8, 4) is 0 Å². The maximum absolute atomic E-state index is 12.8. The first-order valence-electron chi connectivity index (χ1n) is 17.8. The number of carbonyl (C=O) groups excluding carboxylic acids is 1. The number of esters is 1. The van der Waals surface area contributed by atoms with Crippen molar-refractivity contribution in [3.63, 3.8) is 0 Å². The molecule has 5 aliphatic rings. The minimum Gasteiger partial charge on any atom is -0.462 e. The molecule has 4 fully saturated rings. The van der Waals surface area contributed by atoms with E-state index in [0.717, 1.165) is 87.0 Å². The van der Waals surface area contributed by atoms with Crippen LogP contribution in [-0.2, 0) is 9.53 Å². The van der Waals surface area contributed by atoms with Crippen LogP contribution in [-0.4, -0.2) is 61.6 Å². The second-order valence-electron chi connectivity index (χ2n) is 16.2. The number of carbonyl (C=O) groups is 1. The molecule has 0 N–H and O–H groups in total. The molecule has 1 saturated heterocycles. The van der Waals surface area contributed by atoms with Crippen molar-refractivity contribution in [2.75, 3.05) is 39.8 Å². The Morgan fingerprint density at radius 3 is 2.46 bits per heavy atom. The monoisotopic (exact) mass is 568 g/mol. The Balaban J connectivity index is 1.16. The average Bonchev–Trinajstić information content (AvgIpc) is 3.30.